The molecule has 3 rings (SSSR count). The summed E-state index contributed by atoms with van der Waals surface area (Å²) >= 11 is 0. The number of rotatable bonds is 4. The van der Waals surface area contributed by atoms with Gasteiger partial charge in [-0.1, -0.05) is 35.9 Å². The van der Waals surface area contributed by atoms with E-state index in [0.717, 1.165) is 34.5 Å². The summed E-state index contributed by atoms with van der Waals surface area (Å²) in [5.41, 5.74) is -1.73. The zero-order valence-electron chi connectivity index (χ0n) is 17.5. The number of halogens is 6. The maximum atomic E-state index is 13.8. The number of para-hydroxylation sites is 1. The number of alkyl halides is 6. The van der Waals surface area contributed by atoms with Gasteiger partial charge >= 0.3 is 12.4 Å². The van der Waals surface area contributed by atoms with Crippen LogP contribution in [0.5, 0.6) is 0 Å². The Morgan fingerprint density at radius 3 is 1.97 bits per heavy atom. The number of aryl methyl sites for hydroxylation is 3. The summed E-state index contributed by atoms with van der Waals surface area (Å²) in [5, 5.41) is 0. The fourth-order valence-corrected chi connectivity index (χ4v) is 4.31. The molecule has 9 heteroatoms. The average Bonchev–Trinajstić information content (AvgIpc) is 3.09. The quantitative estimate of drug-likeness (QED) is 0.439. The van der Waals surface area contributed by atoms with Gasteiger partial charge in [0.1, 0.15) is 24.5 Å². The zero-order valence-corrected chi connectivity index (χ0v) is 17.5. The van der Waals surface area contributed by atoms with Crippen molar-refractivity contribution >= 4 is 17.7 Å². The molecule has 1 aliphatic heterocycles. The summed E-state index contributed by atoms with van der Waals surface area (Å²) in [6.45, 7) is 6.43. The number of benzene rings is 2. The molecule has 0 atom stereocenters. The summed E-state index contributed by atoms with van der Waals surface area (Å²) in [7, 11) is 0.427. The molecule has 0 spiro atoms. The molecule has 0 fully saturated rings. The smallest absolute Gasteiger partial charge is 0.357 e. The first-order valence-electron chi connectivity index (χ1n) is 9.57. The third-order valence-corrected chi connectivity index (χ3v) is 5.48. The van der Waals surface area contributed by atoms with Gasteiger partial charge in [-0.2, -0.15) is 26.3 Å². The highest BCUT2D eigenvalue weighted by Gasteiger charge is 2.74. The predicted octanol–water partition coefficient (Wildman–Crippen LogP) is 5.77. The van der Waals surface area contributed by atoms with Crippen LogP contribution in [0.15, 0.2) is 36.4 Å². The Balaban J connectivity index is 2.16. The molecule has 0 N–H and O–H groups in total. The molecule has 0 unspecified atom stereocenters. The summed E-state index contributed by atoms with van der Waals surface area (Å²) in [6, 6.07) is 8.58. The topological polar surface area (TPSA) is 15.5 Å². The summed E-state index contributed by atoms with van der Waals surface area (Å²) in [5.74, 6) is 0. The van der Waals surface area contributed by atoms with Gasteiger partial charge < -0.3 is 4.74 Å². The van der Waals surface area contributed by atoms with Gasteiger partial charge in [-0.3, -0.25) is 0 Å². The van der Waals surface area contributed by atoms with Crippen LogP contribution in [0, 0.1) is 20.8 Å². The van der Waals surface area contributed by atoms with E-state index in [4.69, 9.17) is 0 Å². The van der Waals surface area contributed by atoms with E-state index < -0.39 is 23.5 Å². The monoisotopic (exact) mass is 445 g/mol. The van der Waals surface area contributed by atoms with E-state index in [1.54, 1.807) is 6.34 Å². The van der Waals surface area contributed by atoms with Crippen molar-refractivity contribution in [2.45, 2.75) is 38.7 Å². The van der Waals surface area contributed by atoms with Gasteiger partial charge in [0, 0.05) is 12.7 Å². The molecule has 3 nitrogen and oxygen atoms in total. The van der Waals surface area contributed by atoms with Crippen molar-refractivity contribution in [2.75, 3.05) is 25.1 Å². The van der Waals surface area contributed by atoms with Gasteiger partial charge in [-0.25, -0.2) is 9.48 Å². The van der Waals surface area contributed by atoms with E-state index >= 15 is 0 Å². The van der Waals surface area contributed by atoms with E-state index in [0.29, 0.717) is 13.7 Å². The minimum Gasteiger partial charge on any atom is -0.357 e. The maximum absolute atomic E-state index is 13.8. The molecule has 1 heterocycles. The fourth-order valence-electron chi connectivity index (χ4n) is 4.31. The van der Waals surface area contributed by atoms with Crippen molar-refractivity contribution in [1.29, 1.82) is 0 Å². The van der Waals surface area contributed by atoms with Crippen molar-refractivity contribution in [3.8, 4) is 0 Å². The average molecular weight is 445 g/mol. The molecule has 0 aliphatic carbocycles. The minimum atomic E-state index is -5.71. The van der Waals surface area contributed by atoms with E-state index in [9.17, 15) is 26.3 Å². The Morgan fingerprint density at radius 1 is 0.903 bits per heavy atom. The zero-order chi connectivity index (χ0) is 23.2. The van der Waals surface area contributed by atoms with Crippen molar-refractivity contribution in [3.63, 3.8) is 0 Å². The lowest BCUT2D eigenvalue weighted by Crippen LogP contribution is -2.55. The molecular formula is C22H23F6N2O+. The number of nitrogens with zero attached hydrogens (tertiary/aromatic N) is 2. The summed E-state index contributed by atoms with van der Waals surface area (Å²) < 4.78 is 89.0. The van der Waals surface area contributed by atoms with Crippen LogP contribution in [0.3, 0.4) is 0 Å². The van der Waals surface area contributed by atoms with Crippen LogP contribution in [0.1, 0.15) is 22.3 Å². The normalized spacial score (nSPS) is 15.4. The molecule has 0 saturated carbocycles. The number of ether oxygens (including phenoxy) is 1. The fraction of sp³-hybridized carbons (Fsp3) is 0.409. The predicted molar refractivity (Wildman–Crippen MR) is 106 cm³/mol. The van der Waals surface area contributed by atoms with Crippen molar-refractivity contribution < 1.29 is 35.7 Å². The first-order valence-corrected chi connectivity index (χ1v) is 9.57. The Hall–Kier alpha value is -2.55. The first kappa shape index (κ1) is 23.1. The van der Waals surface area contributed by atoms with E-state index in [1.165, 1.54) is 17.0 Å². The van der Waals surface area contributed by atoms with Crippen LogP contribution in [0.25, 0.3) is 0 Å². The highest BCUT2D eigenvalue weighted by atomic mass is 19.4. The number of hydrogen-bond acceptors (Lipinski definition) is 2. The first-order chi connectivity index (χ1) is 14.3. The molecule has 2 aromatic rings. The second kappa shape index (κ2) is 7.85. The molecule has 0 radical (unpaired) electrons. The molecule has 1 aliphatic rings. The Kier molecular flexibility index (Phi) is 5.86. The van der Waals surface area contributed by atoms with Gasteiger partial charge in [0.2, 0.25) is 6.34 Å². The number of methoxy groups -OCH3 is 1. The highest BCUT2D eigenvalue weighted by Crippen LogP contribution is 2.54. The van der Waals surface area contributed by atoms with Crippen molar-refractivity contribution in [3.05, 3.63) is 58.7 Å². The molecule has 0 saturated heterocycles. The standard InChI is InChI=1S/C22H23F6N2O/c1-14-11-15(2)19(16(3)12-14)30-10-9-29(13-30)18-8-6-5-7-17(18)20(31-4,21(23,24)25)22(26,27)28/h5-8,11-13H,9-10H2,1-4H3/q+1. The van der Waals surface area contributed by atoms with Crippen LogP contribution < -0.4 is 4.90 Å². The van der Waals surface area contributed by atoms with E-state index in [-0.39, 0.29) is 12.2 Å². The lowest BCUT2D eigenvalue weighted by atomic mass is 9.90. The number of hydrogen-bond donors (Lipinski definition) is 0. The largest absolute Gasteiger partial charge is 0.431 e. The van der Waals surface area contributed by atoms with Gasteiger partial charge in [0.15, 0.2) is 0 Å². The molecule has 0 aromatic heterocycles. The van der Waals surface area contributed by atoms with Crippen molar-refractivity contribution in [2.24, 2.45) is 0 Å². The summed E-state index contributed by atoms with van der Waals surface area (Å²) in [4.78, 5) is 1.40. The second-order valence-electron chi connectivity index (χ2n) is 7.65. The van der Waals surface area contributed by atoms with Gasteiger partial charge in [-0.15, -0.1) is 0 Å². The van der Waals surface area contributed by atoms with Crippen LogP contribution >= 0.6 is 0 Å². The Morgan fingerprint density at radius 2 is 1.45 bits per heavy atom. The lowest BCUT2D eigenvalue weighted by molar-refractivity contribution is -0.425. The van der Waals surface area contributed by atoms with Gasteiger partial charge in [0.25, 0.3) is 5.60 Å². The van der Waals surface area contributed by atoms with Crippen LogP contribution in [0.2, 0.25) is 0 Å². The molecule has 0 amide bonds. The highest BCUT2D eigenvalue weighted by molar-refractivity contribution is 5.80. The molecule has 0 bridgehead atoms. The van der Waals surface area contributed by atoms with Crippen LogP contribution in [-0.2, 0) is 10.3 Å². The maximum Gasteiger partial charge on any atom is 0.431 e. The van der Waals surface area contributed by atoms with E-state index in [1.807, 2.05) is 37.5 Å². The Labute approximate surface area is 176 Å². The molecule has 2 aromatic carbocycles. The third-order valence-electron chi connectivity index (χ3n) is 5.48. The van der Waals surface area contributed by atoms with Crippen LogP contribution in [0.4, 0.5) is 37.7 Å². The summed E-state index contributed by atoms with van der Waals surface area (Å²) in [6.07, 6.45) is -9.87. The van der Waals surface area contributed by atoms with Crippen LogP contribution in [-0.4, -0.2) is 43.5 Å². The van der Waals surface area contributed by atoms with E-state index in [2.05, 4.69) is 4.74 Å². The second-order valence-corrected chi connectivity index (χ2v) is 7.65. The minimum absolute atomic E-state index is 0.205. The Bertz CT molecular complexity index is 973. The van der Waals surface area contributed by atoms with Gasteiger partial charge in [-0.05, 0) is 38.0 Å². The SMILES string of the molecule is COC(c1ccccc1N1C=[N+](c2c(C)cc(C)cc2C)CC1)(C(F)(F)F)C(F)(F)F. The van der Waals surface area contributed by atoms with Crippen molar-refractivity contribution in [1.82, 2.24) is 0 Å². The molecule has 31 heavy (non-hydrogen) atoms. The number of anilines is 1. The molecule has 168 valence electrons. The lowest BCUT2D eigenvalue weighted by Gasteiger charge is -2.37. The third kappa shape index (κ3) is 3.79. The van der Waals surface area contributed by atoms with Gasteiger partial charge in [0.05, 0.1) is 0 Å². The molecular weight excluding hydrogens is 422 g/mol.